The smallest absolute Gasteiger partial charge is 0.268 e. The van der Waals surface area contributed by atoms with Crippen LogP contribution >= 0.6 is 7.82 Å². The number of hydrogen-bond donors (Lipinski definition) is 2. The van der Waals surface area contributed by atoms with Crippen molar-refractivity contribution in [2.45, 2.75) is 360 Å². The highest BCUT2D eigenvalue weighted by Crippen LogP contribution is 2.38. The molecule has 0 fully saturated rings. The third-order valence-corrected chi connectivity index (χ3v) is 16.6. The van der Waals surface area contributed by atoms with E-state index in [1.165, 1.54) is 289 Å². The highest BCUT2D eigenvalue weighted by atomic mass is 31.2. The van der Waals surface area contributed by atoms with Gasteiger partial charge in [0.25, 0.3) is 7.82 Å². The summed E-state index contributed by atoms with van der Waals surface area (Å²) in [5.74, 6) is -0.191. The second kappa shape index (κ2) is 58.6. The van der Waals surface area contributed by atoms with Crippen LogP contribution < -0.4 is 10.2 Å². The number of nitrogens with one attached hydrogen (secondary N) is 1. The molecule has 1 amide bonds. The maximum atomic E-state index is 13.0. The van der Waals surface area contributed by atoms with Crippen LogP contribution in [0.3, 0.4) is 0 Å². The van der Waals surface area contributed by atoms with Gasteiger partial charge in [0.05, 0.1) is 39.9 Å². The van der Waals surface area contributed by atoms with Crippen LogP contribution in [0, 0.1) is 0 Å². The maximum Gasteiger partial charge on any atom is 0.268 e. The van der Waals surface area contributed by atoms with Crippen molar-refractivity contribution in [3.05, 3.63) is 24.3 Å². The molecule has 452 valence electrons. The number of hydrogen-bond acceptors (Lipinski definition) is 6. The first kappa shape index (κ1) is 75.0. The number of carbonyl (C=O) groups is 1. The Morgan fingerprint density at radius 3 is 1.03 bits per heavy atom. The van der Waals surface area contributed by atoms with Gasteiger partial charge < -0.3 is 28.8 Å². The molecular weight excluding hydrogens is 960 g/mol. The van der Waals surface area contributed by atoms with Crippen molar-refractivity contribution in [1.29, 1.82) is 0 Å². The Kier molecular flexibility index (Phi) is 57.8. The Morgan fingerprint density at radius 2 is 0.724 bits per heavy atom. The minimum atomic E-state index is -4.60. The Hall–Kier alpha value is -1.02. The van der Waals surface area contributed by atoms with E-state index in [9.17, 15) is 19.4 Å². The number of aliphatic hydroxyl groups excluding tert-OH is 1. The Labute approximate surface area is 474 Å². The van der Waals surface area contributed by atoms with E-state index in [1.54, 1.807) is 6.08 Å². The summed E-state index contributed by atoms with van der Waals surface area (Å²) < 4.78 is 23.4. The fourth-order valence-electron chi connectivity index (χ4n) is 10.4. The molecule has 0 radical (unpaired) electrons. The lowest BCUT2D eigenvalue weighted by atomic mass is 10.0. The van der Waals surface area contributed by atoms with E-state index in [0.717, 1.165) is 38.5 Å². The first-order valence-electron chi connectivity index (χ1n) is 33.7. The van der Waals surface area contributed by atoms with Crippen LogP contribution in [0.15, 0.2) is 24.3 Å². The lowest BCUT2D eigenvalue weighted by Crippen LogP contribution is -2.45. The van der Waals surface area contributed by atoms with E-state index in [-0.39, 0.29) is 19.1 Å². The predicted octanol–water partition coefficient (Wildman–Crippen LogP) is 20.5. The molecule has 0 bridgehead atoms. The highest BCUT2D eigenvalue weighted by molar-refractivity contribution is 7.45. The lowest BCUT2D eigenvalue weighted by molar-refractivity contribution is -0.870. The number of quaternary nitrogens is 1. The summed E-state index contributed by atoms with van der Waals surface area (Å²) >= 11 is 0. The van der Waals surface area contributed by atoms with Crippen molar-refractivity contribution in [3.8, 4) is 0 Å². The third-order valence-electron chi connectivity index (χ3n) is 15.7. The summed E-state index contributed by atoms with van der Waals surface area (Å²) in [5, 5.41) is 14.0. The number of allylic oxidation sites excluding steroid dienone is 3. The first-order chi connectivity index (χ1) is 37.0. The van der Waals surface area contributed by atoms with Gasteiger partial charge >= 0.3 is 0 Å². The maximum absolute atomic E-state index is 13.0. The zero-order valence-corrected chi connectivity index (χ0v) is 52.6. The molecule has 0 spiro atoms. The normalized spacial score (nSPS) is 13.8. The van der Waals surface area contributed by atoms with Crippen LogP contribution in [0.25, 0.3) is 0 Å². The number of amides is 1. The molecule has 0 aromatic rings. The van der Waals surface area contributed by atoms with Crippen molar-refractivity contribution >= 4 is 13.7 Å². The molecule has 0 heterocycles. The number of nitrogens with zero attached hydrogens (tertiary/aromatic N) is 1. The number of rotatable bonds is 63. The third kappa shape index (κ3) is 60.6. The van der Waals surface area contributed by atoms with Crippen LogP contribution in [-0.4, -0.2) is 68.5 Å². The fraction of sp³-hybridized carbons (Fsp3) is 0.925. The van der Waals surface area contributed by atoms with Crippen molar-refractivity contribution in [3.63, 3.8) is 0 Å². The molecule has 0 aliphatic rings. The lowest BCUT2D eigenvalue weighted by Gasteiger charge is -2.29. The number of phosphoric acid groups is 1. The van der Waals surface area contributed by atoms with Gasteiger partial charge in [0.1, 0.15) is 13.2 Å². The molecule has 0 saturated carbocycles. The van der Waals surface area contributed by atoms with Gasteiger partial charge in [-0.05, 0) is 44.9 Å². The molecule has 3 atom stereocenters. The SMILES string of the molecule is CCCCCCCCCCCCCC/C=C\CCCCCCCCCCCCCCCC(=O)NC(COP(=O)([O-])OCC[N+](C)(C)C)C(O)/C=C/CCCCCCCCCCCCCCCCCCCCCCCCC. The van der Waals surface area contributed by atoms with Crippen LogP contribution in [-0.2, 0) is 18.4 Å². The quantitative estimate of drug-likeness (QED) is 0.0272. The van der Waals surface area contributed by atoms with E-state index in [2.05, 4.69) is 31.3 Å². The molecule has 0 aromatic carbocycles. The Balaban J connectivity index is 4.08. The molecule has 76 heavy (non-hydrogen) atoms. The number of phosphoric ester groups is 1. The van der Waals surface area contributed by atoms with Gasteiger partial charge in [0.15, 0.2) is 0 Å². The molecular formula is C67H133N2O6P. The number of carbonyl (C=O) groups excluding carboxylic acids is 1. The molecule has 9 heteroatoms. The zero-order chi connectivity index (χ0) is 55.6. The largest absolute Gasteiger partial charge is 0.756 e. The average molecular weight is 1090 g/mol. The van der Waals surface area contributed by atoms with Crippen LogP contribution in [0.1, 0.15) is 348 Å². The summed E-state index contributed by atoms with van der Waals surface area (Å²) in [6.07, 6.45) is 75.7. The number of likely N-dealkylation sites (N-methyl/N-ethyl adjacent to an activating group) is 1. The van der Waals surface area contributed by atoms with Gasteiger partial charge in [-0.15, -0.1) is 0 Å². The van der Waals surface area contributed by atoms with Crippen molar-refractivity contribution in [1.82, 2.24) is 5.32 Å². The van der Waals surface area contributed by atoms with Gasteiger partial charge in [0, 0.05) is 6.42 Å². The molecule has 0 aromatic heterocycles. The molecule has 2 N–H and O–H groups in total. The van der Waals surface area contributed by atoms with E-state index < -0.39 is 20.0 Å². The molecule has 0 saturated heterocycles. The van der Waals surface area contributed by atoms with Gasteiger partial charge in [0.2, 0.25) is 5.91 Å². The van der Waals surface area contributed by atoms with Crippen LogP contribution in [0.2, 0.25) is 0 Å². The van der Waals surface area contributed by atoms with Crippen molar-refractivity contribution < 1.29 is 32.9 Å². The van der Waals surface area contributed by atoms with Crippen molar-refractivity contribution in [2.24, 2.45) is 0 Å². The summed E-state index contributed by atoms with van der Waals surface area (Å²) in [6, 6.07) is -0.886. The topological polar surface area (TPSA) is 108 Å². The van der Waals surface area contributed by atoms with E-state index in [0.29, 0.717) is 17.4 Å². The van der Waals surface area contributed by atoms with Gasteiger partial charge in [-0.1, -0.05) is 321 Å². The second-order valence-electron chi connectivity index (χ2n) is 24.5. The Bertz CT molecular complexity index is 1290. The molecule has 0 aliphatic carbocycles. The van der Waals surface area contributed by atoms with Crippen molar-refractivity contribution in [2.75, 3.05) is 40.9 Å². The van der Waals surface area contributed by atoms with E-state index in [1.807, 2.05) is 27.2 Å². The minimum Gasteiger partial charge on any atom is -0.756 e. The zero-order valence-electron chi connectivity index (χ0n) is 51.7. The average Bonchev–Trinajstić information content (AvgIpc) is 3.38. The molecule has 0 rings (SSSR count). The van der Waals surface area contributed by atoms with E-state index >= 15 is 0 Å². The summed E-state index contributed by atoms with van der Waals surface area (Å²) in [6.45, 7) is 4.71. The monoisotopic (exact) mass is 1090 g/mol. The minimum absolute atomic E-state index is 0.00130. The van der Waals surface area contributed by atoms with E-state index in [4.69, 9.17) is 9.05 Å². The predicted molar refractivity (Wildman–Crippen MR) is 330 cm³/mol. The molecule has 0 aliphatic heterocycles. The van der Waals surface area contributed by atoms with Gasteiger partial charge in [-0.3, -0.25) is 9.36 Å². The second-order valence-corrected chi connectivity index (χ2v) is 25.9. The van der Waals surface area contributed by atoms with Gasteiger partial charge in [-0.2, -0.15) is 0 Å². The van der Waals surface area contributed by atoms with Crippen LogP contribution in [0.4, 0.5) is 0 Å². The molecule has 8 nitrogen and oxygen atoms in total. The fourth-order valence-corrected chi connectivity index (χ4v) is 11.1. The first-order valence-corrected chi connectivity index (χ1v) is 35.2. The summed E-state index contributed by atoms with van der Waals surface area (Å²) in [5.41, 5.74) is 0. The Morgan fingerprint density at radius 1 is 0.447 bits per heavy atom. The highest BCUT2D eigenvalue weighted by Gasteiger charge is 2.23. The van der Waals surface area contributed by atoms with Gasteiger partial charge in [-0.25, -0.2) is 0 Å². The number of unbranched alkanes of at least 4 members (excludes halogenated alkanes) is 48. The summed E-state index contributed by atoms with van der Waals surface area (Å²) in [7, 11) is 1.28. The number of aliphatic hydroxyl groups is 1. The van der Waals surface area contributed by atoms with Crippen LogP contribution in [0.5, 0.6) is 0 Å². The standard InChI is InChI=1S/C67H133N2O6P/c1-6-8-10-12-14-16-18-20-22-24-26-28-30-32-33-34-35-37-39-41-43-45-47-49-51-53-55-57-59-61-67(71)68-65(64-75-76(72,73)74-63-62-69(3,4)5)66(70)60-58-56-54-52-50-48-46-44-42-40-38-36-31-29-27-25-23-21-19-17-15-13-11-9-7-2/h32-33,58,60,65-66,70H,6-31,34-57,59,61-64H2,1-5H3,(H-,68,71,72,73)/b33-32-,60-58+. The molecule has 3 unspecified atom stereocenters. The summed E-state index contributed by atoms with van der Waals surface area (Å²) in [4.78, 5) is 25.6.